The van der Waals surface area contributed by atoms with Crippen LogP contribution in [-0.2, 0) is 19.4 Å². The number of anilines is 1. The van der Waals surface area contributed by atoms with Crippen molar-refractivity contribution < 1.29 is 14.8 Å². The number of carbonyl (C=O) groups is 1. The van der Waals surface area contributed by atoms with E-state index >= 15 is 0 Å². The molecule has 4 aromatic rings. The van der Waals surface area contributed by atoms with Crippen LogP contribution in [0.25, 0.3) is 16.9 Å². The summed E-state index contributed by atoms with van der Waals surface area (Å²) in [6.45, 7) is 0.467. The summed E-state index contributed by atoms with van der Waals surface area (Å²) in [5.74, 6) is 0.638. The molecule has 0 fully saturated rings. The Morgan fingerprint density at radius 2 is 2.00 bits per heavy atom. The molecule has 0 aliphatic heterocycles. The van der Waals surface area contributed by atoms with Crippen molar-refractivity contribution in [3.05, 3.63) is 71.0 Å². The smallest absolute Gasteiger partial charge is 0.423 e. The Bertz CT molecular complexity index is 1340. The summed E-state index contributed by atoms with van der Waals surface area (Å²) in [5.41, 5.74) is 10.0. The lowest BCUT2D eigenvalue weighted by atomic mass is 9.79. The zero-order valence-electron chi connectivity index (χ0n) is 17.2. The molecule has 160 valence electrons. The molecule has 32 heavy (non-hydrogen) atoms. The van der Waals surface area contributed by atoms with E-state index in [4.69, 9.17) is 15.7 Å². The monoisotopic (exact) mass is 428 g/mol. The molecule has 5 rings (SSSR count). The van der Waals surface area contributed by atoms with E-state index in [9.17, 15) is 14.8 Å². The topological polar surface area (TPSA) is 139 Å². The largest absolute Gasteiger partial charge is 0.488 e. The van der Waals surface area contributed by atoms with Gasteiger partial charge >= 0.3 is 7.12 Å². The van der Waals surface area contributed by atoms with Crippen molar-refractivity contribution in [2.75, 3.05) is 5.32 Å². The Kier molecular flexibility index (Phi) is 5.08. The van der Waals surface area contributed by atoms with E-state index in [0.29, 0.717) is 34.4 Å². The molecule has 5 N–H and O–H groups in total. The Labute approximate surface area is 184 Å². The van der Waals surface area contributed by atoms with Crippen LogP contribution in [0.2, 0.25) is 0 Å². The third kappa shape index (κ3) is 3.59. The maximum Gasteiger partial charge on any atom is 0.488 e. The highest BCUT2D eigenvalue weighted by molar-refractivity contribution is 6.58. The van der Waals surface area contributed by atoms with E-state index in [-0.39, 0.29) is 0 Å². The highest BCUT2D eigenvalue weighted by atomic mass is 16.4. The van der Waals surface area contributed by atoms with Crippen LogP contribution in [0.4, 0.5) is 5.82 Å². The SMILES string of the molecule is NC(=O)c1cccc2c1cnn2-c1nc2c(c(NCc3cccc(B(O)O)c3)n1)CCC2. The average molecular weight is 428 g/mol. The van der Waals surface area contributed by atoms with Gasteiger partial charge in [-0.05, 0) is 42.4 Å². The maximum atomic E-state index is 11.8. The van der Waals surface area contributed by atoms with Gasteiger partial charge in [0.15, 0.2) is 0 Å². The van der Waals surface area contributed by atoms with Gasteiger partial charge in [0, 0.05) is 17.5 Å². The summed E-state index contributed by atoms with van der Waals surface area (Å²) in [7, 11) is -1.51. The zero-order valence-corrected chi connectivity index (χ0v) is 17.2. The fourth-order valence-electron chi connectivity index (χ4n) is 4.14. The van der Waals surface area contributed by atoms with Crippen molar-refractivity contribution in [1.82, 2.24) is 19.7 Å². The number of hydrogen-bond acceptors (Lipinski definition) is 7. The van der Waals surface area contributed by atoms with Gasteiger partial charge < -0.3 is 21.1 Å². The Balaban J connectivity index is 1.52. The number of carbonyl (C=O) groups excluding carboxylic acids is 1. The second-order valence-corrected chi connectivity index (χ2v) is 7.78. The molecule has 10 heteroatoms. The third-order valence-electron chi connectivity index (χ3n) is 5.70. The van der Waals surface area contributed by atoms with Crippen molar-refractivity contribution in [3.63, 3.8) is 0 Å². The number of aromatic nitrogens is 4. The van der Waals surface area contributed by atoms with Gasteiger partial charge in [0.25, 0.3) is 5.95 Å². The highest BCUT2D eigenvalue weighted by Crippen LogP contribution is 2.29. The van der Waals surface area contributed by atoms with E-state index in [1.54, 1.807) is 41.2 Å². The second kappa shape index (κ2) is 8.06. The van der Waals surface area contributed by atoms with Gasteiger partial charge in [-0.1, -0.05) is 30.3 Å². The van der Waals surface area contributed by atoms with Crippen molar-refractivity contribution in [2.24, 2.45) is 5.73 Å². The molecule has 0 saturated heterocycles. The molecular formula is C22H21BN6O3. The maximum absolute atomic E-state index is 11.8. The van der Waals surface area contributed by atoms with Crippen LogP contribution in [0.15, 0.2) is 48.7 Å². The van der Waals surface area contributed by atoms with E-state index in [1.807, 2.05) is 12.1 Å². The van der Waals surface area contributed by atoms with Crippen molar-refractivity contribution >= 4 is 35.2 Å². The van der Waals surface area contributed by atoms with Crippen LogP contribution in [0.5, 0.6) is 0 Å². The predicted octanol–water partition coefficient (Wildman–Crippen LogP) is 0.695. The first kappa shape index (κ1) is 20.2. The summed E-state index contributed by atoms with van der Waals surface area (Å²) in [5, 5.41) is 27.3. The first-order valence-electron chi connectivity index (χ1n) is 10.4. The molecular weight excluding hydrogens is 407 g/mol. The van der Waals surface area contributed by atoms with E-state index in [2.05, 4.69) is 10.4 Å². The normalized spacial score (nSPS) is 12.7. The molecule has 0 saturated carbocycles. The average Bonchev–Trinajstić information content (AvgIpc) is 3.44. The molecule has 0 spiro atoms. The molecule has 2 aromatic carbocycles. The number of fused-ring (bicyclic) bond motifs is 2. The zero-order chi connectivity index (χ0) is 22.2. The third-order valence-corrected chi connectivity index (χ3v) is 5.70. The van der Waals surface area contributed by atoms with Crippen molar-refractivity contribution in [3.8, 4) is 5.95 Å². The van der Waals surface area contributed by atoms with Gasteiger partial charge in [0.2, 0.25) is 5.91 Å². The molecule has 1 aliphatic carbocycles. The van der Waals surface area contributed by atoms with Gasteiger partial charge in [-0.3, -0.25) is 4.79 Å². The molecule has 0 atom stereocenters. The van der Waals surface area contributed by atoms with Crippen LogP contribution in [0, 0.1) is 0 Å². The number of amides is 1. The van der Waals surface area contributed by atoms with E-state index in [0.717, 1.165) is 41.9 Å². The summed E-state index contributed by atoms with van der Waals surface area (Å²) in [6.07, 6.45) is 4.35. The molecule has 2 heterocycles. The fourth-order valence-corrected chi connectivity index (χ4v) is 4.14. The lowest BCUT2D eigenvalue weighted by Crippen LogP contribution is -2.30. The predicted molar refractivity (Wildman–Crippen MR) is 121 cm³/mol. The second-order valence-electron chi connectivity index (χ2n) is 7.78. The van der Waals surface area contributed by atoms with Crippen LogP contribution in [0.3, 0.4) is 0 Å². The number of nitrogens with one attached hydrogen (secondary N) is 1. The van der Waals surface area contributed by atoms with Crippen LogP contribution in [0.1, 0.15) is 33.6 Å². The standard InChI is InChI=1S/C22H21BN6O3/c24-20(30)15-6-3-9-19-17(15)12-26-29(19)22-27-18-8-2-7-16(18)21(28-22)25-11-13-4-1-5-14(10-13)23(31)32/h1,3-6,9-10,12,31-32H,2,7-8,11H2,(H2,24,30)(H,25,27,28). The van der Waals surface area contributed by atoms with Gasteiger partial charge in [0.05, 0.1) is 23.0 Å². The van der Waals surface area contributed by atoms with Gasteiger partial charge in [-0.15, -0.1) is 0 Å². The summed E-state index contributed by atoms with van der Waals surface area (Å²) >= 11 is 0. The van der Waals surface area contributed by atoms with Crippen molar-refractivity contribution in [1.29, 1.82) is 0 Å². The number of hydrogen-bond donors (Lipinski definition) is 4. The van der Waals surface area contributed by atoms with Gasteiger partial charge in [0.1, 0.15) is 5.82 Å². The number of nitrogens with two attached hydrogens (primary N) is 1. The first-order chi connectivity index (χ1) is 15.5. The van der Waals surface area contributed by atoms with Crippen LogP contribution >= 0.6 is 0 Å². The minimum Gasteiger partial charge on any atom is -0.423 e. The lowest BCUT2D eigenvalue weighted by molar-refractivity contribution is 0.100. The number of benzene rings is 2. The number of rotatable bonds is 6. The molecule has 0 radical (unpaired) electrons. The van der Waals surface area contributed by atoms with E-state index in [1.165, 1.54) is 0 Å². The van der Waals surface area contributed by atoms with Gasteiger partial charge in [-0.25, -0.2) is 4.98 Å². The number of nitrogens with zero attached hydrogens (tertiary/aromatic N) is 4. The molecule has 2 aromatic heterocycles. The van der Waals surface area contributed by atoms with Crippen LogP contribution in [-0.4, -0.2) is 42.8 Å². The Morgan fingerprint density at radius 3 is 2.81 bits per heavy atom. The molecule has 1 amide bonds. The highest BCUT2D eigenvalue weighted by Gasteiger charge is 2.22. The Hall–Kier alpha value is -3.76. The minimum absolute atomic E-state index is 0.402. The molecule has 0 unspecified atom stereocenters. The van der Waals surface area contributed by atoms with Crippen LogP contribution < -0.4 is 16.5 Å². The number of primary amides is 1. The Morgan fingerprint density at radius 1 is 1.16 bits per heavy atom. The fraction of sp³-hybridized carbons (Fsp3) is 0.182. The first-order valence-corrected chi connectivity index (χ1v) is 10.4. The minimum atomic E-state index is -1.51. The lowest BCUT2D eigenvalue weighted by Gasteiger charge is -2.13. The summed E-state index contributed by atoms with van der Waals surface area (Å²) < 4.78 is 1.62. The number of aryl methyl sites for hydroxylation is 1. The van der Waals surface area contributed by atoms with E-state index < -0.39 is 13.0 Å². The molecule has 1 aliphatic rings. The quantitative estimate of drug-likeness (QED) is 0.332. The van der Waals surface area contributed by atoms with Crippen molar-refractivity contribution in [2.45, 2.75) is 25.8 Å². The summed E-state index contributed by atoms with van der Waals surface area (Å²) in [6, 6.07) is 12.4. The molecule has 9 nitrogen and oxygen atoms in total. The summed E-state index contributed by atoms with van der Waals surface area (Å²) in [4.78, 5) is 21.3. The molecule has 0 bridgehead atoms. The van der Waals surface area contributed by atoms with Gasteiger partial charge in [-0.2, -0.15) is 14.8 Å².